The quantitative estimate of drug-likeness (QED) is 0.116. The normalized spacial score (nSPS) is 17.5. The van der Waals surface area contributed by atoms with Crippen LogP contribution in [0.3, 0.4) is 0 Å². The number of aliphatic hydroxyl groups excluding tert-OH is 1. The molecule has 1 aliphatic rings. The second-order valence-corrected chi connectivity index (χ2v) is 10.2. The summed E-state index contributed by atoms with van der Waals surface area (Å²) in [6, 6.07) is 9.80. The van der Waals surface area contributed by atoms with Gasteiger partial charge in [0.25, 0.3) is 17.4 Å². The van der Waals surface area contributed by atoms with Crippen molar-refractivity contribution >= 4 is 33.2 Å². The molecule has 37 heavy (non-hydrogen) atoms. The SMILES string of the molecule is CCN(CC)S(=O)(=O)c1ccc(/C(O)=C2/C(=O)C(=O)N(CCCOC)C2c2cccc([N+](=O)[O-])c2)cc1. The molecule has 1 aliphatic heterocycles. The molecule has 1 heterocycles. The number of carbonyl (C=O) groups is 2. The zero-order chi connectivity index (χ0) is 27.3. The van der Waals surface area contributed by atoms with Crippen LogP contribution in [-0.4, -0.2) is 72.7 Å². The van der Waals surface area contributed by atoms with E-state index in [1.54, 1.807) is 19.9 Å². The molecule has 1 atom stereocenters. The Morgan fingerprint density at radius 2 is 1.78 bits per heavy atom. The largest absolute Gasteiger partial charge is 0.507 e. The summed E-state index contributed by atoms with van der Waals surface area (Å²) in [6.07, 6.45) is 0.396. The highest BCUT2D eigenvalue weighted by Crippen LogP contribution is 2.40. The van der Waals surface area contributed by atoms with Crippen LogP contribution in [0.15, 0.2) is 59.0 Å². The van der Waals surface area contributed by atoms with E-state index >= 15 is 0 Å². The number of Topliss-reactive ketones (excluding diaryl/α,β-unsaturated/α-hetero) is 1. The van der Waals surface area contributed by atoms with Gasteiger partial charge in [-0.1, -0.05) is 26.0 Å². The van der Waals surface area contributed by atoms with Gasteiger partial charge in [0.15, 0.2) is 0 Å². The predicted octanol–water partition coefficient (Wildman–Crippen LogP) is 3.08. The van der Waals surface area contributed by atoms with Crippen LogP contribution in [0.2, 0.25) is 0 Å². The lowest BCUT2D eigenvalue weighted by Crippen LogP contribution is -2.31. The minimum Gasteiger partial charge on any atom is -0.507 e. The third kappa shape index (κ3) is 5.55. The number of benzene rings is 2. The van der Waals surface area contributed by atoms with Gasteiger partial charge in [0.1, 0.15) is 5.76 Å². The lowest BCUT2D eigenvalue weighted by molar-refractivity contribution is -0.384. The van der Waals surface area contributed by atoms with Crippen molar-refractivity contribution < 1.29 is 32.8 Å². The monoisotopic (exact) mass is 531 g/mol. The Morgan fingerprint density at radius 3 is 2.35 bits per heavy atom. The van der Waals surface area contributed by atoms with Gasteiger partial charge in [-0.3, -0.25) is 19.7 Å². The maximum absolute atomic E-state index is 13.1. The average Bonchev–Trinajstić information content (AvgIpc) is 3.14. The molecule has 0 bridgehead atoms. The number of carbonyl (C=O) groups excluding carboxylic acids is 2. The number of hydrogen-bond donors (Lipinski definition) is 1. The Kier molecular flexibility index (Phi) is 8.79. The molecule has 2 aromatic carbocycles. The molecule has 198 valence electrons. The molecular weight excluding hydrogens is 502 g/mol. The Morgan fingerprint density at radius 1 is 1.14 bits per heavy atom. The number of aliphatic hydroxyl groups is 1. The van der Waals surface area contributed by atoms with Gasteiger partial charge in [-0.25, -0.2) is 8.42 Å². The van der Waals surface area contributed by atoms with Crippen molar-refractivity contribution in [1.29, 1.82) is 0 Å². The van der Waals surface area contributed by atoms with Gasteiger partial charge in [0.2, 0.25) is 10.0 Å². The van der Waals surface area contributed by atoms with E-state index < -0.39 is 38.4 Å². The molecule has 0 radical (unpaired) electrons. The second kappa shape index (κ2) is 11.6. The van der Waals surface area contributed by atoms with E-state index in [9.17, 15) is 33.2 Å². The Hall–Kier alpha value is -3.61. The lowest BCUT2D eigenvalue weighted by Gasteiger charge is -2.25. The van der Waals surface area contributed by atoms with Crippen molar-refractivity contribution in [3.63, 3.8) is 0 Å². The third-order valence-electron chi connectivity index (χ3n) is 6.16. The van der Waals surface area contributed by atoms with Crippen LogP contribution in [0.5, 0.6) is 0 Å². The number of methoxy groups -OCH3 is 1. The second-order valence-electron chi connectivity index (χ2n) is 8.30. The fourth-order valence-corrected chi connectivity index (χ4v) is 5.76. The zero-order valence-electron chi connectivity index (χ0n) is 20.8. The molecule has 1 saturated heterocycles. The van der Waals surface area contributed by atoms with Gasteiger partial charge >= 0.3 is 0 Å². The molecule has 1 fully saturated rings. The van der Waals surface area contributed by atoms with E-state index in [1.165, 1.54) is 58.8 Å². The number of ether oxygens (including phenoxy) is 1. The Bertz CT molecular complexity index is 1320. The molecular formula is C25H29N3O8S. The summed E-state index contributed by atoms with van der Waals surface area (Å²) >= 11 is 0. The zero-order valence-corrected chi connectivity index (χ0v) is 21.6. The van der Waals surface area contributed by atoms with Crippen molar-refractivity contribution in [1.82, 2.24) is 9.21 Å². The average molecular weight is 532 g/mol. The Balaban J connectivity index is 2.12. The number of sulfonamides is 1. The molecule has 11 nitrogen and oxygen atoms in total. The Labute approximate surface area is 215 Å². The van der Waals surface area contributed by atoms with E-state index in [2.05, 4.69) is 0 Å². The van der Waals surface area contributed by atoms with Crippen LogP contribution in [-0.2, 0) is 24.3 Å². The van der Waals surface area contributed by atoms with Crippen molar-refractivity contribution in [3.05, 3.63) is 75.3 Å². The first kappa shape index (κ1) is 28.0. The fraction of sp³-hybridized carbons (Fsp3) is 0.360. The summed E-state index contributed by atoms with van der Waals surface area (Å²) in [4.78, 5) is 38.1. The number of amides is 1. The number of hydrogen-bond acceptors (Lipinski definition) is 8. The summed E-state index contributed by atoms with van der Waals surface area (Å²) in [5.74, 6) is -2.29. The summed E-state index contributed by atoms with van der Waals surface area (Å²) < 4.78 is 31.9. The number of nitro benzene ring substituents is 1. The number of rotatable bonds is 11. The highest BCUT2D eigenvalue weighted by atomic mass is 32.2. The molecule has 0 aliphatic carbocycles. The van der Waals surface area contributed by atoms with Crippen LogP contribution in [0.25, 0.3) is 5.76 Å². The molecule has 1 amide bonds. The van der Waals surface area contributed by atoms with E-state index in [4.69, 9.17) is 4.74 Å². The molecule has 0 aromatic heterocycles. The number of ketones is 1. The molecule has 12 heteroatoms. The summed E-state index contributed by atoms with van der Waals surface area (Å²) in [6.45, 7) is 4.45. The van der Waals surface area contributed by atoms with Crippen LogP contribution >= 0.6 is 0 Å². The lowest BCUT2D eigenvalue weighted by atomic mass is 9.95. The maximum atomic E-state index is 13.1. The van der Waals surface area contributed by atoms with E-state index in [0.29, 0.717) is 13.0 Å². The molecule has 3 rings (SSSR count). The number of likely N-dealkylation sites (tertiary alicyclic amines) is 1. The van der Waals surface area contributed by atoms with Gasteiger partial charge in [0.05, 0.1) is 21.4 Å². The smallest absolute Gasteiger partial charge is 0.295 e. The van der Waals surface area contributed by atoms with Gasteiger partial charge in [-0.05, 0) is 36.2 Å². The van der Waals surface area contributed by atoms with Crippen LogP contribution in [0, 0.1) is 10.1 Å². The first-order chi connectivity index (χ1) is 17.6. The van der Waals surface area contributed by atoms with E-state index in [0.717, 1.165) is 0 Å². The van der Waals surface area contributed by atoms with Crippen molar-refractivity contribution in [2.24, 2.45) is 0 Å². The highest BCUT2D eigenvalue weighted by molar-refractivity contribution is 7.89. The van der Waals surface area contributed by atoms with Crippen molar-refractivity contribution in [2.75, 3.05) is 33.4 Å². The number of nitro groups is 1. The minimum absolute atomic E-state index is 0.0167. The molecule has 1 N–H and O–H groups in total. The molecule has 2 aromatic rings. The van der Waals surface area contributed by atoms with Crippen LogP contribution in [0.1, 0.15) is 37.4 Å². The van der Waals surface area contributed by atoms with Crippen LogP contribution in [0.4, 0.5) is 5.69 Å². The van der Waals surface area contributed by atoms with E-state index in [-0.39, 0.29) is 46.9 Å². The van der Waals surface area contributed by atoms with Crippen molar-refractivity contribution in [3.8, 4) is 0 Å². The van der Waals surface area contributed by atoms with Gasteiger partial charge in [0, 0.05) is 51.0 Å². The summed E-state index contributed by atoms with van der Waals surface area (Å²) in [7, 11) is -2.24. The number of nitrogens with zero attached hydrogens (tertiary/aromatic N) is 3. The van der Waals surface area contributed by atoms with Gasteiger partial charge in [-0.15, -0.1) is 0 Å². The maximum Gasteiger partial charge on any atom is 0.295 e. The molecule has 0 saturated carbocycles. The number of non-ortho nitro benzene ring substituents is 1. The fourth-order valence-electron chi connectivity index (χ4n) is 4.30. The van der Waals surface area contributed by atoms with Gasteiger partial charge in [-0.2, -0.15) is 4.31 Å². The summed E-state index contributed by atoms with van der Waals surface area (Å²) in [5.41, 5.74) is -0.0508. The summed E-state index contributed by atoms with van der Waals surface area (Å²) in [5, 5.41) is 22.5. The molecule has 0 spiro atoms. The predicted molar refractivity (Wildman–Crippen MR) is 135 cm³/mol. The van der Waals surface area contributed by atoms with Crippen LogP contribution < -0.4 is 0 Å². The van der Waals surface area contributed by atoms with Gasteiger partial charge < -0.3 is 14.7 Å². The standard InChI is InChI=1S/C25H29N3O8S/c1-4-26(5-2)37(34,35)20-12-10-17(11-13-20)23(29)21-22(18-8-6-9-19(16-18)28(32)33)27(14-7-15-36-3)25(31)24(21)30/h6,8-13,16,22,29H,4-5,7,14-15H2,1-3H3/b23-21-. The molecule has 1 unspecified atom stereocenters. The topological polar surface area (TPSA) is 147 Å². The first-order valence-electron chi connectivity index (χ1n) is 11.7. The third-order valence-corrected chi connectivity index (χ3v) is 8.22. The van der Waals surface area contributed by atoms with E-state index in [1.807, 2.05) is 0 Å². The minimum atomic E-state index is -3.74. The first-order valence-corrected chi connectivity index (χ1v) is 13.1. The van der Waals surface area contributed by atoms with Crippen molar-refractivity contribution in [2.45, 2.75) is 31.2 Å². The highest BCUT2D eigenvalue weighted by Gasteiger charge is 2.46.